The highest BCUT2D eigenvalue weighted by atomic mass is 32.2. The second-order valence-corrected chi connectivity index (χ2v) is 8.03. The van der Waals surface area contributed by atoms with Crippen molar-refractivity contribution in [3.8, 4) is 0 Å². The molecule has 2 aliphatic rings. The standard InChI is InChI=1S/C19H25FN2O2S/c1-25-12-7-17(23)22-11-9-19(14-22)8-2-10-21(18(19)24)13-15-3-5-16(20)6-4-15/h3-6H,2,7-14H2,1H3. The number of hydrogen-bond acceptors (Lipinski definition) is 3. The SMILES string of the molecule is CSCCC(=O)N1CCC2(CCCN(Cc3ccc(F)cc3)C2=O)C1. The maximum atomic E-state index is 13.1. The van der Waals surface area contributed by atoms with Gasteiger partial charge in [-0.1, -0.05) is 12.1 Å². The third-order valence-corrected chi connectivity index (χ3v) is 5.95. The van der Waals surface area contributed by atoms with Crippen molar-refractivity contribution in [3.05, 3.63) is 35.6 Å². The minimum atomic E-state index is -0.409. The maximum Gasteiger partial charge on any atom is 0.230 e. The highest BCUT2D eigenvalue weighted by Gasteiger charge is 2.49. The van der Waals surface area contributed by atoms with Crippen molar-refractivity contribution in [2.45, 2.75) is 32.2 Å². The van der Waals surface area contributed by atoms with Gasteiger partial charge < -0.3 is 9.80 Å². The van der Waals surface area contributed by atoms with Crippen LogP contribution in [0.15, 0.2) is 24.3 Å². The first-order valence-corrected chi connectivity index (χ1v) is 10.2. The average Bonchev–Trinajstić information content (AvgIpc) is 3.04. The summed E-state index contributed by atoms with van der Waals surface area (Å²) >= 11 is 1.67. The van der Waals surface area contributed by atoms with Gasteiger partial charge >= 0.3 is 0 Å². The molecule has 2 aliphatic heterocycles. The summed E-state index contributed by atoms with van der Waals surface area (Å²) in [5, 5.41) is 0. The molecular weight excluding hydrogens is 339 g/mol. The lowest BCUT2D eigenvalue weighted by Gasteiger charge is -2.39. The number of halogens is 1. The van der Waals surface area contributed by atoms with E-state index in [1.165, 1.54) is 12.1 Å². The molecule has 1 unspecified atom stereocenters. The van der Waals surface area contributed by atoms with Gasteiger partial charge in [-0.05, 0) is 43.2 Å². The molecule has 1 atom stereocenters. The third kappa shape index (κ3) is 4.00. The summed E-state index contributed by atoms with van der Waals surface area (Å²) in [6, 6.07) is 6.33. The molecule has 6 heteroatoms. The smallest absolute Gasteiger partial charge is 0.230 e. The van der Waals surface area contributed by atoms with E-state index in [2.05, 4.69) is 0 Å². The van der Waals surface area contributed by atoms with Crippen LogP contribution >= 0.6 is 11.8 Å². The van der Waals surface area contributed by atoms with Gasteiger partial charge in [0.05, 0.1) is 5.41 Å². The van der Waals surface area contributed by atoms with Crippen LogP contribution in [0.3, 0.4) is 0 Å². The number of benzene rings is 1. The first-order chi connectivity index (χ1) is 12.0. The Bertz CT molecular complexity index is 637. The molecule has 0 aliphatic carbocycles. The van der Waals surface area contributed by atoms with E-state index in [9.17, 15) is 14.0 Å². The van der Waals surface area contributed by atoms with Crippen molar-refractivity contribution in [1.29, 1.82) is 0 Å². The minimum Gasteiger partial charge on any atom is -0.342 e. The van der Waals surface area contributed by atoms with Crippen molar-refractivity contribution in [1.82, 2.24) is 9.80 Å². The van der Waals surface area contributed by atoms with Gasteiger partial charge in [0.1, 0.15) is 5.82 Å². The van der Waals surface area contributed by atoms with E-state index in [0.717, 1.165) is 37.1 Å². The van der Waals surface area contributed by atoms with E-state index < -0.39 is 5.41 Å². The van der Waals surface area contributed by atoms with Crippen molar-refractivity contribution >= 4 is 23.6 Å². The Kier molecular flexibility index (Phi) is 5.67. The fourth-order valence-electron chi connectivity index (χ4n) is 3.92. The monoisotopic (exact) mass is 364 g/mol. The number of carbonyl (C=O) groups excluding carboxylic acids is 2. The number of carbonyl (C=O) groups is 2. The number of hydrogen-bond donors (Lipinski definition) is 0. The summed E-state index contributed by atoms with van der Waals surface area (Å²) in [6.45, 7) is 2.49. The molecule has 25 heavy (non-hydrogen) atoms. The van der Waals surface area contributed by atoms with Crippen LogP contribution in [0.4, 0.5) is 4.39 Å². The lowest BCUT2D eigenvalue weighted by atomic mass is 9.78. The fourth-order valence-corrected chi connectivity index (χ4v) is 4.30. The zero-order chi connectivity index (χ0) is 17.9. The van der Waals surface area contributed by atoms with Crippen LogP contribution in [0.1, 0.15) is 31.2 Å². The highest BCUT2D eigenvalue weighted by Crippen LogP contribution is 2.40. The van der Waals surface area contributed by atoms with Gasteiger partial charge in [0.2, 0.25) is 11.8 Å². The number of amides is 2. The lowest BCUT2D eigenvalue weighted by Crippen LogP contribution is -2.50. The fraction of sp³-hybridized carbons (Fsp3) is 0.579. The Morgan fingerprint density at radius 3 is 2.72 bits per heavy atom. The molecule has 0 radical (unpaired) electrons. The third-order valence-electron chi connectivity index (χ3n) is 5.34. The molecule has 2 saturated heterocycles. The van der Waals surface area contributed by atoms with Crippen molar-refractivity contribution in [2.24, 2.45) is 5.41 Å². The molecule has 3 rings (SSSR count). The van der Waals surface area contributed by atoms with Crippen LogP contribution in [-0.2, 0) is 16.1 Å². The summed E-state index contributed by atoms with van der Waals surface area (Å²) in [6.07, 6.45) is 5.12. The number of rotatable bonds is 5. The molecular formula is C19H25FN2O2S. The Balaban J connectivity index is 1.65. The molecule has 4 nitrogen and oxygen atoms in total. The number of piperidine rings is 1. The second-order valence-electron chi connectivity index (χ2n) is 7.05. The molecule has 0 N–H and O–H groups in total. The van der Waals surface area contributed by atoms with E-state index in [1.54, 1.807) is 23.9 Å². The van der Waals surface area contributed by atoms with Gasteiger partial charge in [-0.15, -0.1) is 0 Å². The maximum absolute atomic E-state index is 13.1. The van der Waals surface area contributed by atoms with Gasteiger partial charge in [0.25, 0.3) is 0 Å². The van der Waals surface area contributed by atoms with Crippen LogP contribution < -0.4 is 0 Å². The minimum absolute atomic E-state index is 0.156. The molecule has 0 aromatic heterocycles. The summed E-state index contributed by atoms with van der Waals surface area (Å²) in [5.74, 6) is 0.880. The van der Waals surface area contributed by atoms with Gasteiger partial charge in [-0.2, -0.15) is 11.8 Å². The molecule has 2 heterocycles. The van der Waals surface area contributed by atoms with Crippen LogP contribution in [-0.4, -0.2) is 53.3 Å². The van der Waals surface area contributed by atoms with Gasteiger partial charge in [-0.25, -0.2) is 4.39 Å². The van der Waals surface area contributed by atoms with E-state index in [0.29, 0.717) is 26.1 Å². The van der Waals surface area contributed by atoms with Crippen LogP contribution in [0.2, 0.25) is 0 Å². The normalized spacial score (nSPS) is 23.5. The summed E-state index contributed by atoms with van der Waals surface area (Å²) < 4.78 is 13.1. The first kappa shape index (κ1) is 18.2. The second kappa shape index (κ2) is 7.77. The molecule has 1 aromatic rings. The first-order valence-electron chi connectivity index (χ1n) is 8.85. The molecule has 1 spiro atoms. The summed E-state index contributed by atoms with van der Waals surface area (Å²) in [4.78, 5) is 29.2. The molecule has 2 amide bonds. The Morgan fingerprint density at radius 2 is 2.00 bits per heavy atom. The van der Waals surface area contributed by atoms with Gasteiger partial charge in [0.15, 0.2) is 0 Å². The van der Waals surface area contributed by atoms with Crippen molar-refractivity contribution in [2.75, 3.05) is 31.6 Å². The Labute approximate surface area is 152 Å². The van der Waals surface area contributed by atoms with Crippen LogP contribution in [0, 0.1) is 11.2 Å². The summed E-state index contributed by atoms with van der Waals surface area (Å²) in [5.41, 5.74) is 0.533. The molecule has 1 aromatic carbocycles. The highest BCUT2D eigenvalue weighted by molar-refractivity contribution is 7.98. The Morgan fingerprint density at radius 1 is 1.24 bits per heavy atom. The van der Waals surface area contributed by atoms with E-state index in [1.807, 2.05) is 16.1 Å². The summed E-state index contributed by atoms with van der Waals surface area (Å²) in [7, 11) is 0. The largest absolute Gasteiger partial charge is 0.342 e. The molecule has 0 bridgehead atoms. The number of thioether (sulfide) groups is 1. The van der Waals surface area contributed by atoms with E-state index >= 15 is 0 Å². The zero-order valence-electron chi connectivity index (χ0n) is 14.7. The molecule has 0 saturated carbocycles. The molecule has 2 fully saturated rings. The van der Waals surface area contributed by atoms with Gasteiger partial charge in [-0.3, -0.25) is 9.59 Å². The van der Waals surface area contributed by atoms with Crippen molar-refractivity contribution in [3.63, 3.8) is 0 Å². The predicted octanol–water partition coefficient (Wildman–Crippen LogP) is 2.92. The van der Waals surface area contributed by atoms with E-state index in [4.69, 9.17) is 0 Å². The quantitative estimate of drug-likeness (QED) is 0.807. The van der Waals surface area contributed by atoms with Crippen LogP contribution in [0.25, 0.3) is 0 Å². The zero-order valence-corrected chi connectivity index (χ0v) is 15.5. The topological polar surface area (TPSA) is 40.6 Å². The Hall–Kier alpha value is -1.56. The average molecular weight is 364 g/mol. The van der Waals surface area contributed by atoms with E-state index in [-0.39, 0.29) is 17.6 Å². The lowest BCUT2D eigenvalue weighted by molar-refractivity contribution is -0.146. The molecule has 136 valence electrons. The van der Waals surface area contributed by atoms with Crippen molar-refractivity contribution < 1.29 is 14.0 Å². The van der Waals surface area contributed by atoms with Gasteiger partial charge in [0, 0.05) is 38.4 Å². The number of likely N-dealkylation sites (tertiary alicyclic amines) is 2. The van der Waals surface area contributed by atoms with Crippen LogP contribution in [0.5, 0.6) is 0 Å². The predicted molar refractivity (Wildman–Crippen MR) is 97.7 cm³/mol. The number of nitrogens with zero attached hydrogens (tertiary/aromatic N) is 2.